The summed E-state index contributed by atoms with van der Waals surface area (Å²) >= 11 is 0. The predicted molar refractivity (Wildman–Crippen MR) is 62.0 cm³/mol. The van der Waals surface area contributed by atoms with Gasteiger partial charge in [0.2, 0.25) is 11.6 Å². The number of ether oxygens (including phenoxy) is 1. The third kappa shape index (κ3) is 2.10. The summed E-state index contributed by atoms with van der Waals surface area (Å²) in [6.45, 7) is 1.75. The van der Waals surface area contributed by atoms with Crippen LogP contribution in [0.4, 0.5) is 11.6 Å². The van der Waals surface area contributed by atoms with Crippen LogP contribution in [-0.4, -0.2) is 33.7 Å². The van der Waals surface area contributed by atoms with Gasteiger partial charge in [-0.05, 0) is 22.7 Å². The first-order valence-electron chi connectivity index (χ1n) is 5.50. The van der Waals surface area contributed by atoms with Crippen LogP contribution in [0.5, 0.6) is 0 Å². The molecule has 0 aliphatic heterocycles. The second kappa shape index (κ2) is 4.33. The Morgan fingerprint density at radius 2 is 2.24 bits per heavy atom. The van der Waals surface area contributed by atoms with E-state index in [1.807, 2.05) is 0 Å². The fourth-order valence-electron chi connectivity index (χ4n) is 1.95. The van der Waals surface area contributed by atoms with E-state index in [0.717, 1.165) is 12.8 Å². The number of methoxy groups -OCH3 is 1. The zero-order valence-corrected chi connectivity index (χ0v) is 10.1. The average molecular weight is 240 g/mol. The van der Waals surface area contributed by atoms with Gasteiger partial charge in [-0.2, -0.15) is 0 Å². The summed E-state index contributed by atoms with van der Waals surface area (Å²) in [5, 5.41) is 14.0. The molecule has 1 aromatic heterocycles. The molecule has 7 nitrogen and oxygen atoms in total. The minimum atomic E-state index is -0.457. The average Bonchev–Trinajstić information content (AvgIpc) is 2.50. The van der Waals surface area contributed by atoms with Crippen LogP contribution in [0, 0.1) is 17.0 Å². The minimum absolute atomic E-state index is 0.106. The number of aryl methyl sites for hydroxylation is 1. The maximum absolute atomic E-state index is 10.9. The van der Waals surface area contributed by atoms with E-state index in [4.69, 9.17) is 4.74 Å². The lowest BCUT2D eigenvalue weighted by atomic mass is 9.89. The Morgan fingerprint density at radius 1 is 1.59 bits per heavy atom. The molecule has 0 bridgehead atoms. The van der Waals surface area contributed by atoms with E-state index in [2.05, 4.69) is 10.3 Å². The first-order chi connectivity index (χ1) is 8.02. The highest BCUT2D eigenvalue weighted by Gasteiger charge is 2.33. The number of aromatic nitrogens is 2. The summed E-state index contributed by atoms with van der Waals surface area (Å²) in [6, 6.07) is 0.230. The fraction of sp³-hybridized carbons (Fsp3) is 0.700. The van der Waals surface area contributed by atoms with E-state index < -0.39 is 4.92 Å². The van der Waals surface area contributed by atoms with E-state index in [9.17, 15) is 10.1 Å². The smallest absolute Gasteiger partial charge is 0.381 e. The van der Waals surface area contributed by atoms with Crippen molar-refractivity contribution in [1.82, 2.24) is 9.55 Å². The first kappa shape index (κ1) is 11.8. The highest BCUT2D eigenvalue weighted by molar-refractivity contribution is 5.54. The topological polar surface area (TPSA) is 82.2 Å². The van der Waals surface area contributed by atoms with Gasteiger partial charge in [-0.15, -0.1) is 0 Å². The Balaban J connectivity index is 2.12. The maximum Gasteiger partial charge on any atom is 0.406 e. The zero-order chi connectivity index (χ0) is 12.6. The molecule has 0 aromatic carbocycles. The van der Waals surface area contributed by atoms with Crippen molar-refractivity contribution in [3.8, 4) is 0 Å². The molecule has 1 fully saturated rings. The van der Waals surface area contributed by atoms with Crippen molar-refractivity contribution < 1.29 is 9.66 Å². The van der Waals surface area contributed by atoms with Crippen molar-refractivity contribution in [1.29, 1.82) is 0 Å². The van der Waals surface area contributed by atoms with E-state index in [1.165, 1.54) is 0 Å². The standard InChI is InChI=1S/C10H16N4O3/c1-6-11-10(14(15)16)9(13(6)2)12-7-4-8(5-7)17-3/h7-8,12H,4-5H2,1-3H3. The van der Waals surface area contributed by atoms with Gasteiger partial charge in [-0.3, -0.25) is 4.57 Å². The molecule has 1 heterocycles. The largest absolute Gasteiger partial charge is 0.406 e. The minimum Gasteiger partial charge on any atom is -0.381 e. The van der Waals surface area contributed by atoms with Gasteiger partial charge in [0.05, 0.1) is 6.10 Å². The van der Waals surface area contributed by atoms with Gasteiger partial charge in [0.1, 0.15) is 0 Å². The summed E-state index contributed by atoms with van der Waals surface area (Å²) in [7, 11) is 3.45. The van der Waals surface area contributed by atoms with Gasteiger partial charge in [-0.1, -0.05) is 0 Å². The number of hydrogen-bond donors (Lipinski definition) is 1. The summed E-state index contributed by atoms with van der Waals surface area (Å²) < 4.78 is 6.88. The van der Waals surface area contributed by atoms with Crippen LogP contribution in [0.1, 0.15) is 18.7 Å². The molecule has 94 valence electrons. The summed E-state index contributed by atoms with van der Waals surface area (Å²) in [4.78, 5) is 14.3. The van der Waals surface area contributed by atoms with Crippen molar-refractivity contribution in [3.05, 3.63) is 15.9 Å². The molecule has 0 atom stereocenters. The number of anilines is 1. The number of rotatable bonds is 4. The molecular formula is C10H16N4O3. The highest BCUT2D eigenvalue weighted by atomic mass is 16.6. The second-order valence-electron chi connectivity index (χ2n) is 4.32. The summed E-state index contributed by atoms with van der Waals surface area (Å²) in [5.74, 6) is 1.000. The second-order valence-corrected chi connectivity index (χ2v) is 4.32. The zero-order valence-electron chi connectivity index (χ0n) is 10.1. The van der Waals surface area contributed by atoms with Crippen LogP contribution >= 0.6 is 0 Å². The molecule has 2 rings (SSSR count). The number of nitro groups is 1. The molecule has 1 saturated carbocycles. The van der Waals surface area contributed by atoms with E-state index in [0.29, 0.717) is 11.6 Å². The van der Waals surface area contributed by atoms with Crippen molar-refractivity contribution in [2.75, 3.05) is 12.4 Å². The van der Waals surface area contributed by atoms with Crippen molar-refractivity contribution in [3.63, 3.8) is 0 Å². The first-order valence-corrected chi connectivity index (χ1v) is 5.50. The SMILES string of the molecule is COC1CC(Nc2c([N+](=O)[O-])nc(C)n2C)C1. The molecule has 1 aliphatic rings. The van der Waals surface area contributed by atoms with Crippen LogP contribution in [0.25, 0.3) is 0 Å². The van der Waals surface area contributed by atoms with Crippen LogP contribution in [0.15, 0.2) is 0 Å². The Bertz CT molecular complexity index is 437. The van der Waals surface area contributed by atoms with Crippen LogP contribution in [0.2, 0.25) is 0 Å². The molecule has 1 aliphatic carbocycles. The molecule has 0 saturated heterocycles. The lowest BCUT2D eigenvalue weighted by Gasteiger charge is -2.34. The van der Waals surface area contributed by atoms with Crippen molar-refractivity contribution in [2.24, 2.45) is 7.05 Å². The third-order valence-corrected chi connectivity index (χ3v) is 3.24. The van der Waals surface area contributed by atoms with Gasteiger partial charge in [-0.25, -0.2) is 0 Å². The Hall–Kier alpha value is -1.63. The lowest BCUT2D eigenvalue weighted by molar-refractivity contribution is -0.388. The molecule has 0 spiro atoms. The predicted octanol–water partition coefficient (Wildman–Crippen LogP) is 1.23. The van der Waals surface area contributed by atoms with Crippen LogP contribution in [0.3, 0.4) is 0 Å². The molecule has 1 N–H and O–H groups in total. The third-order valence-electron chi connectivity index (χ3n) is 3.24. The maximum atomic E-state index is 10.9. The quantitative estimate of drug-likeness (QED) is 0.632. The van der Waals surface area contributed by atoms with Gasteiger partial charge >= 0.3 is 5.82 Å². The molecule has 7 heteroatoms. The molecule has 0 radical (unpaired) electrons. The Labute approximate surface area is 98.9 Å². The number of nitrogens with zero attached hydrogens (tertiary/aromatic N) is 3. The van der Waals surface area contributed by atoms with Crippen LogP contribution < -0.4 is 5.32 Å². The van der Waals surface area contributed by atoms with Gasteiger partial charge in [0.25, 0.3) is 0 Å². The number of imidazole rings is 1. The van der Waals surface area contributed by atoms with E-state index in [1.54, 1.807) is 25.6 Å². The van der Waals surface area contributed by atoms with Gasteiger partial charge < -0.3 is 20.2 Å². The lowest BCUT2D eigenvalue weighted by Crippen LogP contribution is -2.40. The van der Waals surface area contributed by atoms with E-state index in [-0.39, 0.29) is 18.0 Å². The van der Waals surface area contributed by atoms with E-state index >= 15 is 0 Å². The normalized spacial score (nSPS) is 23.2. The highest BCUT2D eigenvalue weighted by Crippen LogP contribution is 2.30. The molecule has 0 amide bonds. The van der Waals surface area contributed by atoms with Crippen molar-refractivity contribution >= 4 is 11.6 Å². The van der Waals surface area contributed by atoms with Crippen molar-refractivity contribution in [2.45, 2.75) is 31.9 Å². The number of hydrogen-bond acceptors (Lipinski definition) is 5. The Kier molecular flexibility index (Phi) is 3.01. The monoisotopic (exact) mass is 240 g/mol. The van der Waals surface area contributed by atoms with Crippen LogP contribution in [-0.2, 0) is 11.8 Å². The van der Waals surface area contributed by atoms with Gasteiger partial charge in [0.15, 0.2) is 0 Å². The number of nitrogens with one attached hydrogen (secondary N) is 1. The molecule has 1 aromatic rings. The molecule has 0 unspecified atom stereocenters. The fourth-order valence-corrected chi connectivity index (χ4v) is 1.95. The van der Waals surface area contributed by atoms with Gasteiger partial charge in [0, 0.05) is 27.1 Å². The molecule has 17 heavy (non-hydrogen) atoms. The summed E-state index contributed by atoms with van der Waals surface area (Å²) in [5.41, 5.74) is 0. The molecular weight excluding hydrogens is 224 g/mol. The summed E-state index contributed by atoms with van der Waals surface area (Å²) in [6.07, 6.45) is 2.01. The Morgan fingerprint density at radius 3 is 2.76 bits per heavy atom.